The lowest BCUT2D eigenvalue weighted by Crippen LogP contribution is -2.26. The highest BCUT2D eigenvalue weighted by Gasteiger charge is 2.13. The maximum absolute atomic E-state index is 13.2. The highest BCUT2D eigenvalue weighted by molar-refractivity contribution is 5.95. The monoisotopic (exact) mass is 452 g/mol. The third kappa shape index (κ3) is 5.26. The van der Waals surface area contributed by atoms with Gasteiger partial charge >= 0.3 is 11.7 Å². The first kappa shape index (κ1) is 23.1. The summed E-state index contributed by atoms with van der Waals surface area (Å²) < 4.78 is 3.62. The Kier molecular flexibility index (Phi) is 7.23. The summed E-state index contributed by atoms with van der Waals surface area (Å²) >= 11 is 0. The van der Waals surface area contributed by atoms with E-state index in [1.54, 1.807) is 16.7 Å². The van der Waals surface area contributed by atoms with E-state index in [0.29, 0.717) is 25.1 Å². The third-order valence-corrected chi connectivity index (χ3v) is 5.94. The van der Waals surface area contributed by atoms with Crippen LogP contribution in [-0.4, -0.2) is 20.2 Å². The van der Waals surface area contributed by atoms with E-state index in [1.807, 2.05) is 78.4 Å². The minimum Gasteiger partial charge on any atom is -0.478 e. The molecule has 0 unspecified atom stereocenters. The molecule has 0 amide bonds. The maximum atomic E-state index is 13.2. The fourth-order valence-electron chi connectivity index (χ4n) is 4.10. The first-order valence-corrected chi connectivity index (χ1v) is 11.4. The number of hydrogen-bond donors (Lipinski definition) is 1. The van der Waals surface area contributed by atoms with E-state index in [4.69, 9.17) is 0 Å². The van der Waals surface area contributed by atoms with Gasteiger partial charge in [0, 0.05) is 24.9 Å². The fraction of sp³-hybridized carbons (Fsp3) is 0.172. The second-order valence-electron chi connectivity index (χ2n) is 8.24. The predicted molar refractivity (Wildman–Crippen MR) is 135 cm³/mol. The molecule has 4 aromatic rings. The molecule has 0 radical (unpaired) electrons. The van der Waals surface area contributed by atoms with Gasteiger partial charge in [-0.3, -0.25) is 9.13 Å². The van der Waals surface area contributed by atoms with Gasteiger partial charge in [0.25, 0.3) is 0 Å². The quantitative estimate of drug-likeness (QED) is 0.345. The van der Waals surface area contributed by atoms with E-state index in [-0.39, 0.29) is 11.3 Å². The zero-order chi connectivity index (χ0) is 23.9. The average molecular weight is 453 g/mol. The Hall–Kier alpha value is -4.12. The van der Waals surface area contributed by atoms with Gasteiger partial charge in [0.15, 0.2) is 0 Å². The summed E-state index contributed by atoms with van der Waals surface area (Å²) in [7, 11) is 0. The van der Waals surface area contributed by atoms with Crippen molar-refractivity contribution in [2.24, 2.45) is 0 Å². The molecule has 1 aromatic heterocycles. The topological polar surface area (TPSA) is 64.2 Å². The molecule has 0 bridgehead atoms. The number of aromatic nitrogens is 2. The summed E-state index contributed by atoms with van der Waals surface area (Å²) in [5, 5.41) is 9.48. The molecular weight excluding hydrogens is 424 g/mol. The minimum atomic E-state index is -0.948. The average Bonchev–Trinajstić information content (AvgIpc) is 3.16. The number of hydrogen-bond acceptors (Lipinski definition) is 2. The van der Waals surface area contributed by atoms with Crippen LogP contribution in [-0.2, 0) is 25.9 Å². The van der Waals surface area contributed by atoms with Gasteiger partial charge in [0.1, 0.15) is 0 Å². The Morgan fingerprint density at radius 3 is 2.32 bits per heavy atom. The van der Waals surface area contributed by atoms with Gasteiger partial charge in [-0.15, -0.1) is 0 Å². The van der Waals surface area contributed by atoms with Gasteiger partial charge in [-0.25, -0.2) is 9.59 Å². The van der Waals surface area contributed by atoms with Crippen LogP contribution in [0.4, 0.5) is 0 Å². The number of allylic oxidation sites excluding steroid dienone is 2. The van der Waals surface area contributed by atoms with Crippen LogP contribution in [0.1, 0.15) is 34.1 Å². The number of aryl methyl sites for hydroxylation is 2. The Balaban J connectivity index is 1.58. The van der Waals surface area contributed by atoms with Crippen molar-refractivity contribution >= 4 is 5.97 Å². The predicted octanol–water partition coefficient (Wildman–Crippen LogP) is 5.42. The van der Waals surface area contributed by atoms with E-state index in [9.17, 15) is 14.7 Å². The molecule has 3 aromatic carbocycles. The van der Waals surface area contributed by atoms with Gasteiger partial charge in [-0.2, -0.15) is 0 Å². The molecule has 0 saturated heterocycles. The van der Waals surface area contributed by atoms with Crippen molar-refractivity contribution in [2.75, 3.05) is 0 Å². The molecule has 0 aliphatic rings. The molecule has 172 valence electrons. The number of carboxylic acid groups (broad SMARTS) is 1. The molecule has 1 heterocycles. The van der Waals surface area contributed by atoms with E-state index in [2.05, 4.69) is 18.2 Å². The maximum Gasteiger partial charge on any atom is 0.336 e. The number of benzene rings is 3. The number of carbonyl (C=O) groups is 1. The third-order valence-electron chi connectivity index (χ3n) is 5.94. The number of aromatic carboxylic acids is 1. The molecule has 4 rings (SSSR count). The van der Waals surface area contributed by atoms with Gasteiger partial charge < -0.3 is 5.11 Å². The smallest absolute Gasteiger partial charge is 0.336 e. The first-order chi connectivity index (χ1) is 16.6. The fourth-order valence-corrected chi connectivity index (χ4v) is 4.10. The molecule has 1 N–H and O–H groups in total. The van der Waals surface area contributed by atoms with Gasteiger partial charge in [0.2, 0.25) is 0 Å². The van der Waals surface area contributed by atoms with Crippen molar-refractivity contribution in [3.63, 3.8) is 0 Å². The normalized spacial score (nSPS) is 11.2. The Morgan fingerprint density at radius 1 is 0.912 bits per heavy atom. The van der Waals surface area contributed by atoms with Crippen LogP contribution in [0, 0.1) is 0 Å². The van der Waals surface area contributed by atoms with Gasteiger partial charge in [0.05, 0.1) is 12.1 Å². The van der Waals surface area contributed by atoms with Crippen LogP contribution in [0.2, 0.25) is 0 Å². The summed E-state index contributed by atoms with van der Waals surface area (Å²) in [6.45, 7) is 3.07. The van der Waals surface area contributed by atoms with Crippen molar-refractivity contribution in [1.82, 2.24) is 9.13 Å². The largest absolute Gasteiger partial charge is 0.478 e. The van der Waals surface area contributed by atoms with Crippen LogP contribution in [0.3, 0.4) is 0 Å². The molecule has 0 aliphatic heterocycles. The summed E-state index contributed by atoms with van der Waals surface area (Å²) in [4.78, 5) is 24.8. The van der Waals surface area contributed by atoms with Gasteiger partial charge in [-0.05, 0) is 41.7 Å². The van der Waals surface area contributed by atoms with E-state index in [0.717, 1.165) is 23.2 Å². The van der Waals surface area contributed by atoms with E-state index in [1.165, 1.54) is 5.56 Å². The summed E-state index contributed by atoms with van der Waals surface area (Å²) in [5.74, 6) is -0.948. The molecule has 0 saturated carbocycles. The number of imidazole rings is 1. The Morgan fingerprint density at radius 2 is 1.62 bits per heavy atom. The van der Waals surface area contributed by atoms with Crippen LogP contribution >= 0.6 is 0 Å². The standard InChI is InChI=1S/C29H28N2O3/c1-2-3-11-25-21-30(19-18-22-9-5-4-6-10-22)29(34)31(25)20-23-14-16-24(17-15-23)26-12-7-8-13-27(26)28(32)33/h2-10,12-17,21H,11,18-20H2,1H3,(H,32,33). The van der Waals surface area contributed by atoms with Crippen molar-refractivity contribution in [3.05, 3.63) is 130 Å². The number of nitrogens with zero attached hydrogens (tertiary/aromatic N) is 2. The zero-order valence-corrected chi connectivity index (χ0v) is 19.2. The molecule has 0 atom stereocenters. The Labute approximate surface area is 199 Å². The van der Waals surface area contributed by atoms with Crippen LogP contribution in [0.15, 0.2) is 102 Å². The van der Waals surface area contributed by atoms with Crippen LogP contribution in [0.5, 0.6) is 0 Å². The van der Waals surface area contributed by atoms with Crippen molar-refractivity contribution < 1.29 is 9.90 Å². The SMILES string of the molecule is CC=CCc1cn(CCc2ccccc2)c(=O)n1Cc1ccc(-c2ccccc2C(=O)O)cc1. The molecule has 0 aliphatic carbocycles. The molecule has 5 nitrogen and oxygen atoms in total. The molecule has 0 fully saturated rings. The van der Waals surface area contributed by atoms with Crippen LogP contribution in [0.25, 0.3) is 11.1 Å². The lowest BCUT2D eigenvalue weighted by Gasteiger charge is -2.09. The zero-order valence-electron chi connectivity index (χ0n) is 19.2. The highest BCUT2D eigenvalue weighted by atomic mass is 16.4. The van der Waals surface area contributed by atoms with Crippen LogP contribution < -0.4 is 5.69 Å². The molecular formula is C29H28N2O3. The van der Waals surface area contributed by atoms with Crippen molar-refractivity contribution in [3.8, 4) is 11.1 Å². The molecule has 5 heteroatoms. The summed E-state index contributed by atoms with van der Waals surface area (Å²) in [6, 6.07) is 24.9. The van der Waals surface area contributed by atoms with Crippen molar-refractivity contribution in [2.45, 2.75) is 32.9 Å². The highest BCUT2D eigenvalue weighted by Crippen LogP contribution is 2.24. The lowest BCUT2D eigenvalue weighted by atomic mass is 9.99. The molecule has 0 spiro atoms. The lowest BCUT2D eigenvalue weighted by molar-refractivity contribution is 0.0697. The van der Waals surface area contributed by atoms with Crippen molar-refractivity contribution in [1.29, 1.82) is 0 Å². The number of carboxylic acids is 1. The number of rotatable bonds is 9. The second-order valence-corrected chi connectivity index (χ2v) is 8.24. The van der Waals surface area contributed by atoms with Gasteiger partial charge in [-0.1, -0.05) is 84.9 Å². The second kappa shape index (κ2) is 10.7. The minimum absolute atomic E-state index is 0.0178. The summed E-state index contributed by atoms with van der Waals surface area (Å²) in [6.07, 6.45) is 7.49. The first-order valence-electron chi connectivity index (χ1n) is 11.4. The van der Waals surface area contributed by atoms with E-state index >= 15 is 0 Å². The van der Waals surface area contributed by atoms with E-state index < -0.39 is 5.97 Å². The molecule has 34 heavy (non-hydrogen) atoms. The summed E-state index contributed by atoms with van der Waals surface area (Å²) in [5.41, 5.74) is 4.93. The Bertz CT molecular complexity index is 1350.